The fourth-order valence-electron chi connectivity index (χ4n) is 3.45. The number of amides is 1. The van der Waals surface area contributed by atoms with Crippen molar-refractivity contribution in [1.82, 2.24) is 9.55 Å². The first-order valence-corrected chi connectivity index (χ1v) is 11.4. The van der Waals surface area contributed by atoms with Crippen LogP contribution in [0.4, 0.5) is 5.69 Å². The molecule has 1 aromatic heterocycles. The SMILES string of the molecule is N#Cc1ccc(-n2c(SCC(=O)Nc3cc4c(cc3Cl)OCO4)nc3ccccc3c2=O)cc1. The third-order valence-corrected chi connectivity index (χ3v) is 6.32. The lowest BCUT2D eigenvalue weighted by Crippen LogP contribution is -2.23. The van der Waals surface area contributed by atoms with E-state index in [0.717, 1.165) is 11.8 Å². The summed E-state index contributed by atoms with van der Waals surface area (Å²) in [6.45, 7) is 0.0966. The Labute approximate surface area is 202 Å². The molecule has 4 aromatic rings. The van der Waals surface area contributed by atoms with Crippen LogP contribution in [0.25, 0.3) is 16.6 Å². The molecule has 0 radical (unpaired) electrons. The first-order valence-electron chi connectivity index (χ1n) is 10.1. The summed E-state index contributed by atoms with van der Waals surface area (Å²) < 4.78 is 12.1. The molecule has 0 atom stereocenters. The van der Waals surface area contributed by atoms with Crippen molar-refractivity contribution in [2.24, 2.45) is 0 Å². The quantitative estimate of drug-likeness (QED) is 0.327. The molecule has 0 aliphatic carbocycles. The number of hydrogen-bond acceptors (Lipinski definition) is 7. The zero-order chi connectivity index (χ0) is 23.7. The highest BCUT2D eigenvalue weighted by Gasteiger charge is 2.19. The average Bonchev–Trinajstić information content (AvgIpc) is 3.30. The summed E-state index contributed by atoms with van der Waals surface area (Å²) in [5, 5.41) is 13.0. The second-order valence-corrected chi connectivity index (χ2v) is 8.58. The van der Waals surface area contributed by atoms with E-state index in [0.29, 0.717) is 49.5 Å². The van der Waals surface area contributed by atoms with E-state index in [4.69, 9.17) is 26.3 Å². The second-order valence-electron chi connectivity index (χ2n) is 7.23. The zero-order valence-electron chi connectivity index (χ0n) is 17.4. The van der Waals surface area contributed by atoms with Crippen LogP contribution in [-0.4, -0.2) is 28.0 Å². The molecule has 2 heterocycles. The Bertz CT molecular complexity index is 1530. The van der Waals surface area contributed by atoms with Gasteiger partial charge in [-0.15, -0.1) is 0 Å². The van der Waals surface area contributed by atoms with Gasteiger partial charge in [-0.05, 0) is 36.4 Å². The minimum absolute atomic E-state index is 0.0220. The molecule has 0 saturated heterocycles. The van der Waals surface area contributed by atoms with E-state index in [1.807, 2.05) is 0 Å². The number of halogens is 1. The number of nitrogens with one attached hydrogen (secondary N) is 1. The van der Waals surface area contributed by atoms with Crippen molar-refractivity contribution in [3.63, 3.8) is 0 Å². The maximum Gasteiger partial charge on any atom is 0.266 e. The molecule has 34 heavy (non-hydrogen) atoms. The second kappa shape index (κ2) is 9.09. The molecule has 8 nitrogen and oxygen atoms in total. The van der Waals surface area contributed by atoms with Crippen LogP contribution in [0.15, 0.2) is 70.6 Å². The van der Waals surface area contributed by atoms with E-state index in [1.54, 1.807) is 60.7 Å². The number of rotatable bonds is 5. The molecular formula is C24H15ClN4O4S. The first-order chi connectivity index (χ1) is 16.5. The summed E-state index contributed by atoms with van der Waals surface area (Å²) in [4.78, 5) is 30.6. The number of carbonyl (C=O) groups is 1. The smallest absolute Gasteiger partial charge is 0.266 e. The molecule has 0 fully saturated rings. The van der Waals surface area contributed by atoms with E-state index in [2.05, 4.69) is 16.4 Å². The van der Waals surface area contributed by atoms with Gasteiger partial charge in [0.15, 0.2) is 16.7 Å². The fraction of sp³-hybridized carbons (Fsp3) is 0.0833. The van der Waals surface area contributed by atoms with Crippen LogP contribution < -0.4 is 20.3 Å². The number of para-hydroxylation sites is 1. The van der Waals surface area contributed by atoms with Gasteiger partial charge in [-0.25, -0.2) is 4.98 Å². The number of carbonyl (C=O) groups excluding carboxylic acids is 1. The minimum Gasteiger partial charge on any atom is -0.454 e. The Kier molecular flexibility index (Phi) is 5.84. The molecule has 168 valence electrons. The predicted molar refractivity (Wildman–Crippen MR) is 129 cm³/mol. The van der Waals surface area contributed by atoms with E-state index in [-0.39, 0.29) is 24.0 Å². The Morgan fingerprint density at radius 2 is 1.88 bits per heavy atom. The molecular weight excluding hydrogens is 476 g/mol. The number of thioether (sulfide) groups is 1. The van der Waals surface area contributed by atoms with Crippen LogP contribution in [0, 0.1) is 11.3 Å². The number of nitrogens with zero attached hydrogens (tertiary/aromatic N) is 3. The zero-order valence-corrected chi connectivity index (χ0v) is 19.0. The van der Waals surface area contributed by atoms with Gasteiger partial charge in [-0.2, -0.15) is 5.26 Å². The lowest BCUT2D eigenvalue weighted by Gasteiger charge is -2.13. The highest BCUT2D eigenvalue weighted by atomic mass is 35.5. The van der Waals surface area contributed by atoms with Gasteiger partial charge in [0, 0.05) is 12.1 Å². The summed E-state index contributed by atoms with van der Waals surface area (Å²) >= 11 is 7.36. The number of nitriles is 1. The Morgan fingerprint density at radius 1 is 1.15 bits per heavy atom. The Hall–Kier alpha value is -4.00. The summed E-state index contributed by atoms with van der Waals surface area (Å²) in [5.41, 5.74) is 1.67. The molecule has 3 aromatic carbocycles. The normalized spacial score (nSPS) is 11.9. The molecule has 0 spiro atoms. The standard InChI is InChI=1S/C24H15ClN4O4S/c25-17-9-20-21(33-13-32-20)10-19(17)27-22(30)12-34-24-28-18-4-2-1-3-16(18)23(31)29(24)15-7-5-14(11-26)6-8-15/h1-10H,12-13H2,(H,27,30). The molecule has 0 saturated carbocycles. The number of aromatic nitrogens is 2. The van der Waals surface area contributed by atoms with Crippen LogP contribution in [0.5, 0.6) is 11.5 Å². The molecule has 1 N–H and O–H groups in total. The molecule has 1 aliphatic rings. The lowest BCUT2D eigenvalue weighted by molar-refractivity contribution is -0.113. The van der Waals surface area contributed by atoms with Gasteiger partial charge >= 0.3 is 0 Å². The summed E-state index contributed by atoms with van der Waals surface area (Å²) in [6, 6.07) is 18.9. The summed E-state index contributed by atoms with van der Waals surface area (Å²) in [6.07, 6.45) is 0. The monoisotopic (exact) mass is 490 g/mol. The Balaban J connectivity index is 1.44. The highest BCUT2D eigenvalue weighted by molar-refractivity contribution is 7.99. The summed E-state index contributed by atoms with van der Waals surface area (Å²) in [5.74, 6) is 0.660. The van der Waals surface area contributed by atoms with Crippen LogP contribution >= 0.6 is 23.4 Å². The van der Waals surface area contributed by atoms with Crippen LogP contribution in [0.3, 0.4) is 0 Å². The maximum absolute atomic E-state index is 13.3. The molecule has 1 amide bonds. The number of fused-ring (bicyclic) bond motifs is 2. The van der Waals surface area contributed by atoms with Crippen LogP contribution in [0.2, 0.25) is 5.02 Å². The number of ether oxygens (including phenoxy) is 2. The third-order valence-electron chi connectivity index (χ3n) is 5.07. The molecule has 5 rings (SSSR count). The van der Waals surface area contributed by atoms with Gasteiger partial charge in [-0.3, -0.25) is 14.2 Å². The molecule has 0 unspecified atom stereocenters. The largest absolute Gasteiger partial charge is 0.454 e. The van der Waals surface area contributed by atoms with Crippen molar-refractivity contribution >= 4 is 45.9 Å². The lowest BCUT2D eigenvalue weighted by atomic mass is 10.2. The van der Waals surface area contributed by atoms with Crippen molar-refractivity contribution in [2.45, 2.75) is 5.16 Å². The predicted octanol–water partition coefficient (Wildman–Crippen LogP) is 4.37. The molecule has 10 heteroatoms. The summed E-state index contributed by atoms with van der Waals surface area (Å²) in [7, 11) is 0. The van der Waals surface area contributed by atoms with Gasteiger partial charge in [0.2, 0.25) is 12.7 Å². The van der Waals surface area contributed by atoms with Crippen molar-refractivity contribution in [3.05, 3.63) is 81.6 Å². The van der Waals surface area contributed by atoms with Crippen LogP contribution in [-0.2, 0) is 4.79 Å². The van der Waals surface area contributed by atoms with Crippen molar-refractivity contribution in [1.29, 1.82) is 5.26 Å². The van der Waals surface area contributed by atoms with Gasteiger partial charge in [0.05, 0.1) is 44.7 Å². The van der Waals surface area contributed by atoms with E-state index in [9.17, 15) is 9.59 Å². The average molecular weight is 491 g/mol. The maximum atomic E-state index is 13.3. The van der Waals surface area contributed by atoms with E-state index >= 15 is 0 Å². The van der Waals surface area contributed by atoms with Gasteiger partial charge < -0.3 is 14.8 Å². The van der Waals surface area contributed by atoms with Crippen molar-refractivity contribution in [3.8, 4) is 23.3 Å². The van der Waals surface area contributed by atoms with Crippen molar-refractivity contribution < 1.29 is 14.3 Å². The highest BCUT2D eigenvalue weighted by Crippen LogP contribution is 2.39. The van der Waals surface area contributed by atoms with Gasteiger partial charge in [-0.1, -0.05) is 35.5 Å². The minimum atomic E-state index is -0.334. The first kappa shape index (κ1) is 21.8. The molecule has 0 bridgehead atoms. The topological polar surface area (TPSA) is 106 Å². The third kappa shape index (κ3) is 4.17. The van der Waals surface area contributed by atoms with E-state index < -0.39 is 0 Å². The number of benzene rings is 3. The van der Waals surface area contributed by atoms with Gasteiger partial charge in [0.25, 0.3) is 5.56 Å². The van der Waals surface area contributed by atoms with Crippen molar-refractivity contribution in [2.75, 3.05) is 17.9 Å². The van der Waals surface area contributed by atoms with Gasteiger partial charge in [0.1, 0.15) is 0 Å². The number of anilines is 1. The fourth-order valence-corrected chi connectivity index (χ4v) is 4.46. The van der Waals surface area contributed by atoms with E-state index in [1.165, 1.54) is 4.57 Å². The van der Waals surface area contributed by atoms with Crippen LogP contribution in [0.1, 0.15) is 5.56 Å². The molecule has 1 aliphatic heterocycles. The number of hydrogen-bond donors (Lipinski definition) is 1. The Morgan fingerprint density at radius 3 is 2.65 bits per heavy atom.